The molecule has 34 heavy (non-hydrogen) atoms. The summed E-state index contributed by atoms with van der Waals surface area (Å²) in [5.41, 5.74) is 3.05. The molecule has 2 amide bonds. The van der Waals surface area contributed by atoms with Crippen molar-refractivity contribution in [2.45, 2.75) is 52.1 Å². The molecule has 0 bridgehead atoms. The Hall–Kier alpha value is -3.27. The van der Waals surface area contributed by atoms with E-state index < -0.39 is 0 Å². The van der Waals surface area contributed by atoms with Crippen molar-refractivity contribution < 1.29 is 9.59 Å². The predicted octanol–water partition coefficient (Wildman–Crippen LogP) is 2.60. The van der Waals surface area contributed by atoms with Crippen LogP contribution in [0.3, 0.4) is 0 Å². The predicted molar refractivity (Wildman–Crippen MR) is 132 cm³/mol. The average Bonchev–Trinajstić information content (AvgIpc) is 3.52. The molecule has 0 spiro atoms. The fraction of sp³-hybridized carbons (Fsp3) is 0.458. The number of rotatable bonds is 6. The van der Waals surface area contributed by atoms with Crippen molar-refractivity contribution in [3.63, 3.8) is 0 Å². The zero-order valence-electron chi connectivity index (χ0n) is 19.3. The van der Waals surface area contributed by atoms with Crippen molar-refractivity contribution >= 4 is 44.3 Å². The van der Waals surface area contributed by atoms with Crippen LogP contribution in [0.25, 0.3) is 10.3 Å². The van der Waals surface area contributed by atoms with Gasteiger partial charge in [-0.1, -0.05) is 17.4 Å². The number of nitrogens with one attached hydrogen (secondary N) is 2. The van der Waals surface area contributed by atoms with E-state index in [1.807, 2.05) is 32.0 Å². The highest BCUT2D eigenvalue weighted by atomic mass is 32.1. The summed E-state index contributed by atoms with van der Waals surface area (Å²) in [7, 11) is 0. The third-order valence-electron chi connectivity index (χ3n) is 6.54. The number of thiazole rings is 1. The van der Waals surface area contributed by atoms with Gasteiger partial charge in [-0.15, -0.1) is 0 Å². The van der Waals surface area contributed by atoms with Gasteiger partial charge >= 0.3 is 0 Å². The average molecular weight is 481 g/mol. The molecule has 3 heterocycles. The van der Waals surface area contributed by atoms with Gasteiger partial charge in [0.25, 0.3) is 5.56 Å². The lowest BCUT2D eigenvalue weighted by atomic mass is 9.96. The first-order valence-electron chi connectivity index (χ1n) is 11.7. The van der Waals surface area contributed by atoms with Gasteiger partial charge < -0.3 is 15.5 Å². The van der Waals surface area contributed by atoms with Crippen molar-refractivity contribution in [1.82, 2.24) is 19.9 Å². The molecule has 10 heteroatoms. The summed E-state index contributed by atoms with van der Waals surface area (Å²) >= 11 is 1.30. The number of hydrogen-bond donors (Lipinski definition) is 2. The van der Waals surface area contributed by atoms with E-state index in [2.05, 4.69) is 25.5 Å². The Bertz CT molecular complexity index is 1300. The summed E-state index contributed by atoms with van der Waals surface area (Å²) in [5, 5.41) is 6.67. The molecular formula is C24H28N6O3S. The summed E-state index contributed by atoms with van der Waals surface area (Å²) in [4.78, 5) is 48.8. The fourth-order valence-electron chi connectivity index (χ4n) is 4.14. The summed E-state index contributed by atoms with van der Waals surface area (Å²) in [5.74, 6) is -0.0877. The third-order valence-corrected chi connectivity index (χ3v) is 7.63. The van der Waals surface area contributed by atoms with Crippen LogP contribution in [0.2, 0.25) is 0 Å². The number of carbonyl (C=O) groups is 2. The van der Waals surface area contributed by atoms with E-state index in [-0.39, 0.29) is 29.8 Å². The van der Waals surface area contributed by atoms with Gasteiger partial charge in [-0.05, 0) is 62.8 Å². The van der Waals surface area contributed by atoms with Crippen LogP contribution in [-0.2, 0) is 16.1 Å². The Kier molecular flexibility index (Phi) is 6.07. The maximum atomic E-state index is 13.0. The topological polar surface area (TPSA) is 109 Å². The van der Waals surface area contributed by atoms with Crippen LogP contribution >= 0.6 is 11.3 Å². The molecule has 2 aromatic heterocycles. The molecule has 0 radical (unpaired) electrons. The molecule has 1 aliphatic carbocycles. The van der Waals surface area contributed by atoms with Crippen molar-refractivity contribution in [2.24, 2.45) is 5.92 Å². The maximum absolute atomic E-state index is 13.0. The third kappa shape index (κ3) is 4.82. The molecule has 1 aliphatic heterocycles. The van der Waals surface area contributed by atoms with E-state index in [4.69, 9.17) is 0 Å². The molecule has 2 aliphatic rings. The Morgan fingerprint density at radius 2 is 1.88 bits per heavy atom. The summed E-state index contributed by atoms with van der Waals surface area (Å²) in [6, 6.07) is 6.09. The highest BCUT2D eigenvalue weighted by Gasteiger charge is 2.30. The zero-order chi connectivity index (χ0) is 23.8. The number of anilines is 2. The van der Waals surface area contributed by atoms with E-state index >= 15 is 0 Å². The molecule has 0 atom stereocenters. The van der Waals surface area contributed by atoms with E-state index in [0.29, 0.717) is 22.1 Å². The quantitative estimate of drug-likeness (QED) is 0.561. The number of benzene rings is 1. The molecule has 9 nitrogen and oxygen atoms in total. The Labute approximate surface area is 201 Å². The Morgan fingerprint density at radius 1 is 1.12 bits per heavy atom. The number of aromatic nitrogens is 3. The number of aryl methyl sites for hydroxylation is 2. The number of hydrogen-bond acceptors (Lipinski definition) is 7. The molecule has 5 rings (SSSR count). The van der Waals surface area contributed by atoms with Crippen LogP contribution in [-0.4, -0.2) is 45.5 Å². The zero-order valence-corrected chi connectivity index (χ0v) is 20.2. The molecule has 3 aromatic rings. The Morgan fingerprint density at radius 3 is 2.59 bits per heavy atom. The van der Waals surface area contributed by atoms with Crippen LogP contribution in [0.4, 0.5) is 10.8 Å². The second-order valence-corrected chi connectivity index (χ2v) is 10.2. The van der Waals surface area contributed by atoms with E-state index in [9.17, 15) is 14.4 Å². The highest BCUT2D eigenvalue weighted by Crippen LogP contribution is 2.30. The standard InChI is InChI=1S/C24H28N6O3S/c1-14-3-4-18(11-15(14)2)26-19(31)12-30-13-25-21-20(23(30)33)34-24(28-21)29-9-7-16(8-10-29)22(32)27-17-5-6-17/h3-4,11,13,16-17H,5-10,12H2,1-2H3,(H,26,31)(H,27,32). The van der Waals surface area contributed by atoms with E-state index in [0.717, 1.165) is 55.0 Å². The largest absolute Gasteiger partial charge is 0.353 e. The molecule has 1 saturated heterocycles. The molecule has 178 valence electrons. The normalized spacial score (nSPS) is 16.6. The van der Waals surface area contributed by atoms with Gasteiger partial charge in [0.15, 0.2) is 10.8 Å². The van der Waals surface area contributed by atoms with Crippen LogP contribution < -0.4 is 21.1 Å². The van der Waals surface area contributed by atoms with Crippen LogP contribution in [0.5, 0.6) is 0 Å². The fourth-order valence-corrected chi connectivity index (χ4v) is 5.16. The van der Waals surface area contributed by atoms with Gasteiger partial charge in [-0.3, -0.25) is 19.0 Å². The molecule has 2 N–H and O–H groups in total. The first-order chi connectivity index (χ1) is 16.4. The number of piperidine rings is 1. The lowest BCUT2D eigenvalue weighted by Crippen LogP contribution is -2.41. The number of amides is 2. The van der Waals surface area contributed by atoms with Gasteiger partial charge in [0, 0.05) is 30.7 Å². The first kappa shape index (κ1) is 22.5. The minimum atomic E-state index is -0.289. The van der Waals surface area contributed by atoms with E-state index in [1.54, 1.807) is 0 Å². The second-order valence-electron chi connectivity index (χ2n) is 9.22. The monoisotopic (exact) mass is 480 g/mol. The molecule has 1 saturated carbocycles. The summed E-state index contributed by atoms with van der Waals surface area (Å²) < 4.78 is 1.75. The Balaban J connectivity index is 1.25. The maximum Gasteiger partial charge on any atom is 0.273 e. The van der Waals surface area contributed by atoms with Crippen molar-refractivity contribution in [2.75, 3.05) is 23.3 Å². The smallest absolute Gasteiger partial charge is 0.273 e. The summed E-state index contributed by atoms with van der Waals surface area (Å²) in [6.45, 7) is 5.31. The molecular weight excluding hydrogens is 452 g/mol. The number of carbonyl (C=O) groups excluding carboxylic acids is 2. The lowest BCUT2D eigenvalue weighted by Gasteiger charge is -2.30. The lowest BCUT2D eigenvalue weighted by molar-refractivity contribution is -0.125. The number of nitrogens with zero attached hydrogens (tertiary/aromatic N) is 4. The van der Waals surface area contributed by atoms with Crippen LogP contribution in [0, 0.1) is 19.8 Å². The molecule has 1 aromatic carbocycles. The molecule has 2 fully saturated rings. The van der Waals surface area contributed by atoms with Gasteiger partial charge in [0.2, 0.25) is 11.8 Å². The van der Waals surface area contributed by atoms with E-state index in [1.165, 1.54) is 22.2 Å². The van der Waals surface area contributed by atoms with Gasteiger partial charge in [-0.2, -0.15) is 4.98 Å². The number of fused-ring (bicyclic) bond motifs is 1. The van der Waals surface area contributed by atoms with Crippen molar-refractivity contribution in [1.29, 1.82) is 0 Å². The highest BCUT2D eigenvalue weighted by molar-refractivity contribution is 7.22. The first-order valence-corrected chi connectivity index (χ1v) is 12.5. The van der Waals surface area contributed by atoms with Crippen LogP contribution in [0.15, 0.2) is 29.3 Å². The minimum Gasteiger partial charge on any atom is -0.353 e. The minimum absolute atomic E-state index is 0.0393. The van der Waals surface area contributed by atoms with Gasteiger partial charge in [0.1, 0.15) is 17.6 Å². The van der Waals surface area contributed by atoms with Gasteiger partial charge in [0.05, 0.1) is 0 Å². The SMILES string of the molecule is Cc1ccc(NC(=O)Cn2cnc3nc(N4CCC(C(=O)NC5CC5)CC4)sc3c2=O)cc1C. The van der Waals surface area contributed by atoms with Crippen molar-refractivity contribution in [3.8, 4) is 0 Å². The van der Waals surface area contributed by atoms with Crippen molar-refractivity contribution in [3.05, 3.63) is 46.0 Å². The van der Waals surface area contributed by atoms with Crippen LogP contribution in [0.1, 0.15) is 36.8 Å². The second kappa shape index (κ2) is 9.17. The summed E-state index contributed by atoms with van der Waals surface area (Å²) in [6.07, 6.45) is 5.10. The molecule has 0 unspecified atom stereocenters. The van der Waals surface area contributed by atoms with Gasteiger partial charge in [-0.25, -0.2) is 4.98 Å².